The topological polar surface area (TPSA) is 97.2 Å². The minimum atomic E-state index is -0.545. The number of nitrogens with zero attached hydrogens (tertiary/aromatic N) is 2. The predicted molar refractivity (Wildman–Crippen MR) is 79.3 cm³/mol. The van der Waals surface area contributed by atoms with Gasteiger partial charge in [0.15, 0.2) is 0 Å². The summed E-state index contributed by atoms with van der Waals surface area (Å²) in [5.74, 6) is 1.24. The third-order valence-electron chi connectivity index (χ3n) is 3.67. The second kappa shape index (κ2) is 6.51. The Morgan fingerprint density at radius 3 is 2.86 bits per heavy atom. The van der Waals surface area contributed by atoms with Crippen LogP contribution in [0, 0.1) is 22.0 Å². The summed E-state index contributed by atoms with van der Waals surface area (Å²) in [5.41, 5.74) is 0.0490. The Morgan fingerprint density at radius 2 is 2.29 bits per heavy atom. The minimum Gasteiger partial charge on any atom is -0.369 e. The summed E-state index contributed by atoms with van der Waals surface area (Å²) in [6, 6.07) is 1.27. The lowest BCUT2D eigenvalue weighted by Crippen LogP contribution is -2.27. The average Bonchev–Trinajstić information content (AvgIpc) is 3.18. The lowest BCUT2D eigenvalue weighted by molar-refractivity contribution is -0.385. The van der Waals surface area contributed by atoms with Crippen LogP contribution in [-0.4, -0.2) is 28.9 Å². The third kappa shape index (κ3) is 3.90. The van der Waals surface area contributed by atoms with Crippen molar-refractivity contribution in [3.05, 3.63) is 27.9 Å². The molecule has 2 N–H and O–H groups in total. The van der Waals surface area contributed by atoms with E-state index in [0.717, 1.165) is 19.0 Å². The molecule has 2 unspecified atom stereocenters. The zero-order valence-corrected chi connectivity index (χ0v) is 12.3. The maximum atomic E-state index is 12.2. The summed E-state index contributed by atoms with van der Waals surface area (Å²) in [4.78, 5) is 26.5. The molecule has 2 rings (SSSR count). The van der Waals surface area contributed by atoms with Gasteiger partial charge in [-0.25, -0.2) is 4.98 Å². The number of anilines is 1. The number of carbonyl (C=O) groups is 1. The fourth-order valence-corrected chi connectivity index (χ4v) is 2.11. The highest BCUT2D eigenvalue weighted by Gasteiger charge is 2.32. The molecule has 2 atom stereocenters. The van der Waals surface area contributed by atoms with Crippen molar-refractivity contribution in [2.24, 2.45) is 11.8 Å². The van der Waals surface area contributed by atoms with E-state index < -0.39 is 4.92 Å². The minimum absolute atomic E-state index is 0.179. The maximum Gasteiger partial charge on any atom is 0.288 e. The van der Waals surface area contributed by atoms with Gasteiger partial charge >= 0.3 is 0 Å². The van der Waals surface area contributed by atoms with Gasteiger partial charge in [-0.2, -0.15) is 0 Å². The molecule has 7 nitrogen and oxygen atoms in total. The van der Waals surface area contributed by atoms with E-state index in [1.807, 2.05) is 6.92 Å². The molecule has 0 spiro atoms. The van der Waals surface area contributed by atoms with E-state index in [1.54, 1.807) is 0 Å². The zero-order chi connectivity index (χ0) is 15.4. The molecule has 1 aliphatic rings. The molecule has 0 aromatic carbocycles. The van der Waals surface area contributed by atoms with Crippen molar-refractivity contribution in [3.8, 4) is 0 Å². The van der Waals surface area contributed by atoms with E-state index >= 15 is 0 Å². The molecule has 1 aromatic rings. The van der Waals surface area contributed by atoms with Gasteiger partial charge in [0.05, 0.1) is 10.5 Å². The molecule has 1 amide bonds. The van der Waals surface area contributed by atoms with Crippen molar-refractivity contribution in [3.63, 3.8) is 0 Å². The number of hydrogen-bond acceptors (Lipinski definition) is 5. The first-order valence-electron chi connectivity index (χ1n) is 7.19. The van der Waals surface area contributed by atoms with Crippen LogP contribution in [-0.2, 0) is 0 Å². The van der Waals surface area contributed by atoms with Crippen molar-refractivity contribution in [1.29, 1.82) is 0 Å². The van der Waals surface area contributed by atoms with Crippen LogP contribution in [0.5, 0.6) is 0 Å². The molecule has 1 saturated carbocycles. The zero-order valence-electron chi connectivity index (χ0n) is 12.3. The molecular formula is C14H20N4O3. The van der Waals surface area contributed by atoms with Crippen LogP contribution in [0.3, 0.4) is 0 Å². The van der Waals surface area contributed by atoms with Crippen molar-refractivity contribution < 1.29 is 9.72 Å². The average molecular weight is 292 g/mol. The highest BCUT2D eigenvalue weighted by atomic mass is 16.6. The van der Waals surface area contributed by atoms with Crippen LogP contribution in [0.1, 0.15) is 37.0 Å². The van der Waals surface area contributed by atoms with E-state index in [4.69, 9.17) is 0 Å². The number of pyridine rings is 1. The summed E-state index contributed by atoms with van der Waals surface area (Å²) in [6.45, 7) is 5.40. The molecule has 0 bridgehead atoms. The van der Waals surface area contributed by atoms with Crippen LogP contribution in [0.25, 0.3) is 0 Å². The van der Waals surface area contributed by atoms with Crippen LogP contribution in [0.15, 0.2) is 12.3 Å². The molecule has 0 aliphatic heterocycles. The lowest BCUT2D eigenvalue weighted by atomic mass is 10.2. The van der Waals surface area contributed by atoms with E-state index in [-0.39, 0.29) is 17.2 Å². The fourth-order valence-electron chi connectivity index (χ4n) is 2.11. The number of amides is 1. The largest absolute Gasteiger partial charge is 0.369 e. The fraction of sp³-hybridized carbons (Fsp3) is 0.571. The van der Waals surface area contributed by atoms with Gasteiger partial charge in [-0.1, -0.05) is 13.8 Å². The molecule has 1 heterocycles. The smallest absolute Gasteiger partial charge is 0.288 e. The van der Waals surface area contributed by atoms with Gasteiger partial charge in [-0.3, -0.25) is 14.9 Å². The van der Waals surface area contributed by atoms with Gasteiger partial charge in [0.1, 0.15) is 12.0 Å². The summed E-state index contributed by atoms with van der Waals surface area (Å²) in [6.07, 6.45) is 3.16. The SMILES string of the molecule is CCCNc1ncc([N+](=O)[O-])cc1C(=O)NCC1CC1C. The van der Waals surface area contributed by atoms with Gasteiger partial charge in [0, 0.05) is 19.2 Å². The van der Waals surface area contributed by atoms with Crippen molar-refractivity contribution in [2.45, 2.75) is 26.7 Å². The summed E-state index contributed by atoms with van der Waals surface area (Å²) >= 11 is 0. The van der Waals surface area contributed by atoms with E-state index in [1.165, 1.54) is 6.07 Å². The normalized spacial score (nSPS) is 19.9. The number of carbonyl (C=O) groups excluding carboxylic acids is 1. The Morgan fingerprint density at radius 1 is 1.57 bits per heavy atom. The monoisotopic (exact) mass is 292 g/mol. The predicted octanol–water partition coefficient (Wildman–Crippen LogP) is 2.20. The Labute approximate surface area is 123 Å². The van der Waals surface area contributed by atoms with Crippen LogP contribution in [0.4, 0.5) is 11.5 Å². The highest BCUT2D eigenvalue weighted by Crippen LogP contribution is 2.36. The molecule has 1 fully saturated rings. The maximum absolute atomic E-state index is 12.2. The summed E-state index contributed by atoms with van der Waals surface area (Å²) < 4.78 is 0. The molecular weight excluding hydrogens is 272 g/mol. The lowest BCUT2D eigenvalue weighted by Gasteiger charge is -2.10. The van der Waals surface area contributed by atoms with E-state index in [2.05, 4.69) is 22.5 Å². The highest BCUT2D eigenvalue weighted by molar-refractivity contribution is 5.99. The first kappa shape index (κ1) is 15.2. The Hall–Kier alpha value is -2.18. The Bertz CT molecular complexity index is 547. The Balaban J connectivity index is 2.13. The van der Waals surface area contributed by atoms with E-state index in [9.17, 15) is 14.9 Å². The van der Waals surface area contributed by atoms with Gasteiger partial charge in [-0.15, -0.1) is 0 Å². The number of nitro groups is 1. The molecule has 0 radical (unpaired) electrons. The van der Waals surface area contributed by atoms with Gasteiger partial charge in [0.25, 0.3) is 11.6 Å². The molecule has 1 aliphatic carbocycles. The molecule has 1 aromatic heterocycles. The number of aromatic nitrogens is 1. The van der Waals surface area contributed by atoms with Gasteiger partial charge in [-0.05, 0) is 24.7 Å². The van der Waals surface area contributed by atoms with Gasteiger partial charge in [0.2, 0.25) is 0 Å². The summed E-state index contributed by atoms with van der Waals surface area (Å²) in [7, 11) is 0. The molecule has 21 heavy (non-hydrogen) atoms. The molecule has 0 saturated heterocycles. The van der Waals surface area contributed by atoms with Crippen molar-refractivity contribution >= 4 is 17.4 Å². The van der Waals surface area contributed by atoms with Crippen LogP contribution in [0.2, 0.25) is 0 Å². The van der Waals surface area contributed by atoms with Crippen molar-refractivity contribution in [1.82, 2.24) is 10.3 Å². The van der Waals surface area contributed by atoms with Crippen LogP contribution >= 0.6 is 0 Å². The number of rotatable bonds is 7. The first-order chi connectivity index (χ1) is 10.0. The van der Waals surface area contributed by atoms with Crippen molar-refractivity contribution in [2.75, 3.05) is 18.4 Å². The van der Waals surface area contributed by atoms with Gasteiger partial charge < -0.3 is 10.6 Å². The summed E-state index contributed by atoms with van der Waals surface area (Å²) in [5, 5.41) is 16.7. The second-order valence-electron chi connectivity index (χ2n) is 5.46. The Kier molecular flexibility index (Phi) is 4.72. The quantitative estimate of drug-likeness (QED) is 0.593. The third-order valence-corrected chi connectivity index (χ3v) is 3.67. The molecule has 114 valence electrons. The first-order valence-corrected chi connectivity index (χ1v) is 7.19. The number of hydrogen-bond donors (Lipinski definition) is 2. The van der Waals surface area contributed by atoms with E-state index in [0.29, 0.717) is 30.7 Å². The standard InChI is InChI=1S/C14H20N4O3/c1-3-4-15-13-12(6-11(8-16-13)18(20)21)14(19)17-7-10-5-9(10)2/h6,8-10H,3-5,7H2,1-2H3,(H,15,16)(H,17,19). The number of nitrogens with one attached hydrogen (secondary N) is 2. The second-order valence-corrected chi connectivity index (χ2v) is 5.46. The van der Waals surface area contributed by atoms with Crippen LogP contribution < -0.4 is 10.6 Å². The molecule has 7 heteroatoms.